The van der Waals surface area contributed by atoms with Gasteiger partial charge in [0, 0.05) is 24.7 Å². The highest BCUT2D eigenvalue weighted by Gasteiger charge is 2.20. The van der Waals surface area contributed by atoms with Gasteiger partial charge < -0.3 is 10.1 Å². The molecule has 1 rings (SSSR count). The summed E-state index contributed by atoms with van der Waals surface area (Å²) < 4.78 is 18.1. The van der Waals surface area contributed by atoms with Crippen molar-refractivity contribution in [3.05, 3.63) is 23.4 Å². The number of rotatable bonds is 2. The molecule has 0 spiro atoms. The van der Waals surface area contributed by atoms with Crippen LogP contribution in [0.2, 0.25) is 0 Å². The summed E-state index contributed by atoms with van der Waals surface area (Å²) in [5.74, 6) is 0.113. The Morgan fingerprint density at radius 3 is 2.83 bits per heavy atom. The van der Waals surface area contributed by atoms with Gasteiger partial charge in [0.2, 0.25) is 0 Å². The first kappa shape index (κ1) is 9.10. The maximum Gasteiger partial charge on any atom is 0.152 e. The molecule has 1 unspecified atom stereocenters. The van der Waals surface area contributed by atoms with E-state index in [0.717, 1.165) is 12.1 Å². The monoisotopic (exact) mass is 171 g/mol. The van der Waals surface area contributed by atoms with Crippen LogP contribution in [0.4, 0.5) is 4.39 Å². The van der Waals surface area contributed by atoms with Crippen molar-refractivity contribution in [2.75, 3.05) is 14.2 Å². The zero-order chi connectivity index (χ0) is 9.14. The number of nitrogens with one attached hydrogen (secondary N) is 1. The van der Waals surface area contributed by atoms with Gasteiger partial charge in [-0.15, -0.1) is 0 Å². The highest BCUT2D eigenvalue weighted by molar-refractivity contribution is 5.27. The average molecular weight is 171 g/mol. The molecule has 0 fully saturated rings. The summed E-state index contributed by atoms with van der Waals surface area (Å²) in [6.45, 7) is 1.85. The van der Waals surface area contributed by atoms with Crippen LogP contribution in [0.25, 0.3) is 0 Å². The van der Waals surface area contributed by atoms with Crippen molar-refractivity contribution in [3.8, 4) is 0 Å². The van der Waals surface area contributed by atoms with Gasteiger partial charge in [0.25, 0.3) is 0 Å². The molecule has 1 atom stereocenters. The molecule has 0 radical (unpaired) electrons. The first-order valence-corrected chi connectivity index (χ1v) is 4.01. The molecule has 68 valence electrons. The van der Waals surface area contributed by atoms with E-state index >= 15 is 0 Å². The zero-order valence-electron chi connectivity index (χ0n) is 7.65. The molecule has 1 N–H and O–H groups in total. The molecule has 0 aliphatic heterocycles. The topological polar surface area (TPSA) is 21.3 Å². The second-order valence-electron chi connectivity index (χ2n) is 2.94. The van der Waals surface area contributed by atoms with Crippen molar-refractivity contribution in [2.45, 2.75) is 13.3 Å². The van der Waals surface area contributed by atoms with Crippen molar-refractivity contribution in [3.63, 3.8) is 0 Å². The second kappa shape index (κ2) is 3.61. The molecule has 12 heavy (non-hydrogen) atoms. The fourth-order valence-electron chi connectivity index (χ4n) is 1.28. The largest absolute Gasteiger partial charge is 0.494 e. The van der Waals surface area contributed by atoms with Crippen molar-refractivity contribution in [1.82, 2.24) is 5.32 Å². The summed E-state index contributed by atoms with van der Waals surface area (Å²) in [4.78, 5) is 0. The third kappa shape index (κ3) is 1.60. The third-order valence-electron chi connectivity index (χ3n) is 2.04. The van der Waals surface area contributed by atoms with Crippen LogP contribution in [-0.4, -0.2) is 14.2 Å². The molecule has 0 aromatic heterocycles. The third-order valence-corrected chi connectivity index (χ3v) is 2.04. The molecule has 1 aliphatic rings. The van der Waals surface area contributed by atoms with E-state index < -0.39 is 0 Å². The predicted molar refractivity (Wildman–Crippen MR) is 46.1 cm³/mol. The zero-order valence-corrected chi connectivity index (χ0v) is 7.65. The number of methoxy groups -OCH3 is 1. The summed E-state index contributed by atoms with van der Waals surface area (Å²) in [6, 6.07) is 0. The first-order chi connectivity index (χ1) is 5.69. The molecule has 0 aromatic rings. The molecular formula is C9H14FNO. The molecule has 0 heterocycles. The van der Waals surface area contributed by atoms with Crippen molar-refractivity contribution in [1.29, 1.82) is 0 Å². The minimum Gasteiger partial charge on any atom is -0.494 e. The highest BCUT2D eigenvalue weighted by atomic mass is 19.1. The lowest BCUT2D eigenvalue weighted by molar-refractivity contribution is 0.272. The lowest BCUT2D eigenvalue weighted by Crippen LogP contribution is -2.15. The number of halogens is 1. The quantitative estimate of drug-likeness (QED) is 0.685. The molecule has 3 heteroatoms. The van der Waals surface area contributed by atoms with Crippen LogP contribution in [0.3, 0.4) is 0 Å². The molecule has 2 nitrogen and oxygen atoms in total. The van der Waals surface area contributed by atoms with E-state index in [0.29, 0.717) is 5.76 Å². The number of hydrogen-bond donors (Lipinski definition) is 1. The first-order valence-electron chi connectivity index (χ1n) is 4.01. The lowest BCUT2D eigenvalue weighted by atomic mass is 9.98. The minimum atomic E-state index is -0.156. The van der Waals surface area contributed by atoms with Gasteiger partial charge in [-0.2, -0.15) is 0 Å². The molecule has 0 amide bonds. The molecule has 1 aliphatic carbocycles. The molecule has 0 aromatic carbocycles. The Labute approximate surface area is 72.1 Å². The van der Waals surface area contributed by atoms with Gasteiger partial charge in [-0.3, -0.25) is 0 Å². The van der Waals surface area contributed by atoms with Crippen LogP contribution in [-0.2, 0) is 4.74 Å². The van der Waals surface area contributed by atoms with Gasteiger partial charge in [0.1, 0.15) is 5.83 Å². The Balaban J connectivity index is 2.90. The van der Waals surface area contributed by atoms with E-state index in [2.05, 4.69) is 5.32 Å². The van der Waals surface area contributed by atoms with Crippen molar-refractivity contribution >= 4 is 0 Å². The van der Waals surface area contributed by atoms with Crippen LogP contribution in [0.5, 0.6) is 0 Å². The van der Waals surface area contributed by atoms with Gasteiger partial charge in [-0.05, 0) is 6.42 Å². The molecular weight excluding hydrogens is 157 g/mol. The number of allylic oxidation sites excluding steroid dienone is 3. The Kier molecular flexibility index (Phi) is 2.74. The van der Waals surface area contributed by atoms with E-state index in [9.17, 15) is 4.39 Å². The van der Waals surface area contributed by atoms with Gasteiger partial charge in [-0.1, -0.05) is 6.92 Å². The number of ether oxygens (including phenoxy) is 1. The lowest BCUT2D eigenvalue weighted by Gasteiger charge is -2.19. The summed E-state index contributed by atoms with van der Waals surface area (Å²) in [7, 11) is 3.31. The summed E-state index contributed by atoms with van der Waals surface area (Å²) >= 11 is 0. The average Bonchev–Trinajstić information content (AvgIpc) is 2.09. The maximum atomic E-state index is 13.2. The fourth-order valence-corrected chi connectivity index (χ4v) is 1.28. The van der Waals surface area contributed by atoms with Crippen molar-refractivity contribution in [2.24, 2.45) is 5.92 Å². The normalized spacial score (nSPS) is 23.7. The van der Waals surface area contributed by atoms with E-state index in [4.69, 9.17) is 4.74 Å². The predicted octanol–water partition coefficient (Wildman–Crippen LogP) is 1.96. The second-order valence-corrected chi connectivity index (χ2v) is 2.94. The van der Waals surface area contributed by atoms with E-state index in [-0.39, 0.29) is 11.7 Å². The smallest absolute Gasteiger partial charge is 0.152 e. The molecule has 0 bridgehead atoms. The van der Waals surface area contributed by atoms with Crippen molar-refractivity contribution < 1.29 is 9.13 Å². The Bertz CT molecular complexity index is 233. The Morgan fingerprint density at radius 1 is 1.67 bits per heavy atom. The highest BCUT2D eigenvalue weighted by Crippen LogP contribution is 2.28. The Hall–Kier alpha value is -0.990. The van der Waals surface area contributed by atoms with E-state index in [1.54, 1.807) is 6.08 Å². The van der Waals surface area contributed by atoms with Crippen LogP contribution in [0.15, 0.2) is 23.4 Å². The summed E-state index contributed by atoms with van der Waals surface area (Å²) in [6.07, 6.45) is 2.42. The summed E-state index contributed by atoms with van der Waals surface area (Å²) in [5.41, 5.74) is 1.01. The maximum absolute atomic E-state index is 13.2. The van der Waals surface area contributed by atoms with Gasteiger partial charge in [0.05, 0.1) is 7.11 Å². The number of hydrogen-bond acceptors (Lipinski definition) is 2. The standard InChI is InChI=1S/C9H14FNO/c1-6-4-7(11-2)5-8(12-3)9(6)10/h5-6,11H,4H2,1-3H3. The van der Waals surface area contributed by atoms with E-state index in [1.165, 1.54) is 7.11 Å². The van der Waals surface area contributed by atoms with Gasteiger partial charge >= 0.3 is 0 Å². The fraction of sp³-hybridized carbons (Fsp3) is 0.556. The van der Waals surface area contributed by atoms with Crippen LogP contribution in [0, 0.1) is 5.92 Å². The van der Waals surface area contributed by atoms with Crippen LogP contribution >= 0.6 is 0 Å². The van der Waals surface area contributed by atoms with Crippen LogP contribution in [0.1, 0.15) is 13.3 Å². The Morgan fingerprint density at radius 2 is 2.33 bits per heavy atom. The van der Waals surface area contributed by atoms with Gasteiger partial charge in [0.15, 0.2) is 5.76 Å². The molecule has 0 saturated carbocycles. The SMILES string of the molecule is CNC1=CC(OC)=C(F)C(C)C1. The van der Waals surface area contributed by atoms with E-state index in [1.807, 2.05) is 14.0 Å². The van der Waals surface area contributed by atoms with Gasteiger partial charge in [-0.25, -0.2) is 4.39 Å². The van der Waals surface area contributed by atoms with Crippen LogP contribution < -0.4 is 5.32 Å². The minimum absolute atomic E-state index is 0.0765. The molecule has 0 saturated heterocycles. The summed E-state index contributed by atoms with van der Waals surface area (Å²) in [5, 5.41) is 3.00.